The van der Waals surface area contributed by atoms with E-state index in [1.807, 2.05) is 6.92 Å². The fourth-order valence-electron chi connectivity index (χ4n) is 3.60. The smallest absolute Gasteiger partial charge is 0.337 e. The fourth-order valence-corrected chi connectivity index (χ4v) is 3.60. The molecule has 152 valence electrons. The standard InChI is InChI=1S/C20H25F3N4O/c1-14(15-7-10-25(2)11-8-15)26(3)19(28)18-9-12-27(24-18)17-6-4-5-16(13-17)20(21,22)23/h4-6,9,12-15H,7-8,10-11H2,1-3H3/t14-/m1/s1. The van der Waals surface area contributed by atoms with Crippen LogP contribution in [0.25, 0.3) is 5.69 Å². The van der Waals surface area contributed by atoms with Crippen molar-refractivity contribution >= 4 is 5.91 Å². The van der Waals surface area contributed by atoms with E-state index < -0.39 is 11.7 Å². The van der Waals surface area contributed by atoms with Crippen molar-refractivity contribution in [1.29, 1.82) is 0 Å². The van der Waals surface area contributed by atoms with Gasteiger partial charge in [-0.05, 0) is 70.1 Å². The zero-order valence-corrected chi connectivity index (χ0v) is 16.3. The normalized spacial score (nSPS) is 17.5. The van der Waals surface area contributed by atoms with E-state index in [1.165, 1.54) is 23.0 Å². The third kappa shape index (κ3) is 4.38. The molecule has 0 bridgehead atoms. The summed E-state index contributed by atoms with van der Waals surface area (Å²) in [5.74, 6) is 0.202. The van der Waals surface area contributed by atoms with Crippen molar-refractivity contribution in [3.63, 3.8) is 0 Å². The van der Waals surface area contributed by atoms with E-state index in [9.17, 15) is 18.0 Å². The van der Waals surface area contributed by atoms with Gasteiger partial charge in [0.05, 0.1) is 11.3 Å². The van der Waals surface area contributed by atoms with Gasteiger partial charge in [-0.1, -0.05) is 6.07 Å². The first-order valence-electron chi connectivity index (χ1n) is 9.36. The number of benzene rings is 1. The van der Waals surface area contributed by atoms with Gasteiger partial charge in [0.15, 0.2) is 5.69 Å². The molecule has 1 aromatic carbocycles. The average Bonchev–Trinajstić information content (AvgIpc) is 3.16. The molecule has 1 amide bonds. The van der Waals surface area contributed by atoms with Gasteiger partial charge < -0.3 is 9.80 Å². The quantitative estimate of drug-likeness (QED) is 0.794. The van der Waals surface area contributed by atoms with Crippen LogP contribution in [0.5, 0.6) is 0 Å². The summed E-state index contributed by atoms with van der Waals surface area (Å²) in [4.78, 5) is 16.8. The monoisotopic (exact) mass is 394 g/mol. The summed E-state index contributed by atoms with van der Waals surface area (Å²) in [7, 11) is 3.85. The summed E-state index contributed by atoms with van der Waals surface area (Å²) < 4.78 is 40.1. The molecule has 28 heavy (non-hydrogen) atoms. The molecule has 1 aromatic heterocycles. The number of rotatable bonds is 4. The maximum Gasteiger partial charge on any atom is 0.416 e. The SMILES string of the molecule is C[C@H](C1CCN(C)CC1)N(C)C(=O)c1ccn(-c2cccc(C(F)(F)F)c2)n1. The molecule has 3 rings (SSSR count). The highest BCUT2D eigenvalue weighted by atomic mass is 19.4. The number of hydrogen-bond acceptors (Lipinski definition) is 3. The van der Waals surface area contributed by atoms with Crippen molar-refractivity contribution < 1.29 is 18.0 Å². The Morgan fingerprint density at radius 1 is 1.25 bits per heavy atom. The average molecular weight is 394 g/mol. The number of carbonyl (C=O) groups is 1. The Kier molecular flexibility index (Phi) is 5.79. The van der Waals surface area contributed by atoms with Crippen molar-refractivity contribution in [2.75, 3.05) is 27.2 Å². The number of amides is 1. The Labute approximate surface area is 162 Å². The van der Waals surface area contributed by atoms with Crippen molar-refractivity contribution in [2.24, 2.45) is 5.92 Å². The second-order valence-electron chi connectivity index (χ2n) is 7.49. The van der Waals surface area contributed by atoms with Crippen LogP contribution in [0.1, 0.15) is 35.8 Å². The van der Waals surface area contributed by atoms with Gasteiger partial charge in [0.25, 0.3) is 5.91 Å². The summed E-state index contributed by atoms with van der Waals surface area (Å²) in [6.45, 7) is 4.07. The van der Waals surface area contributed by atoms with Crippen molar-refractivity contribution in [3.05, 3.63) is 47.8 Å². The molecule has 1 saturated heterocycles. The Bertz CT molecular complexity index is 825. The number of hydrogen-bond donors (Lipinski definition) is 0. The Morgan fingerprint density at radius 2 is 1.93 bits per heavy atom. The van der Waals surface area contributed by atoms with Gasteiger partial charge in [0, 0.05) is 19.3 Å². The second-order valence-corrected chi connectivity index (χ2v) is 7.49. The highest BCUT2D eigenvalue weighted by Gasteiger charge is 2.31. The predicted molar refractivity (Wildman–Crippen MR) is 100 cm³/mol. The minimum Gasteiger partial charge on any atom is -0.337 e. The number of alkyl halides is 3. The van der Waals surface area contributed by atoms with Crippen molar-refractivity contribution in [2.45, 2.75) is 32.0 Å². The van der Waals surface area contributed by atoms with Gasteiger partial charge >= 0.3 is 6.18 Å². The lowest BCUT2D eigenvalue weighted by molar-refractivity contribution is -0.137. The van der Waals surface area contributed by atoms with E-state index in [4.69, 9.17) is 0 Å². The third-order valence-corrected chi connectivity index (χ3v) is 5.62. The van der Waals surface area contributed by atoms with E-state index in [1.54, 1.807) is 18.0 Å². The van der Waals surface area contributed by atoms with Gasteiger partial charge in [-0.15, -0.1) is 0 Å². The summed E-state index contributed by atoms with van der Waals surface area (Å²) in [5, 5.41) is 4.21. The molecule has 0 spiro atoms. The van der Waals surface area contributed by atoms with Crippen LogP contribution in [-0.2, 0) is 6.18 Å². The molecule has 0 aliphatic carbocycles. The number of nitrogens with zero attached hydrogens (tertiary/aromatic N) is 4. The molecule has 2 aromatic rings. The lowest BCUT2D eigenvalue weighted by Crippen LogP contribution is -2.44. The zero-order chi connectivity index (χ0) is 20.5. The van der Waals surface area contributed by atoms with E-state index >= 15 is 0 Å². The van der Waals surface area contributed by atoms with Crippen LogP contribution in [0.2, 0.25) is 0 Å². The van der Waals surface area contributed by atoms with E-state index in [0.29, 0.717) is 5.92 Å². The molecule has 0 unspecified atom stereocenters. The molecule has 0 radical (unpaired) electrons. The van der Waals surface area contributed by atoms with E-state index in [0.717, 1.165) is 38.1 Å². The Hall–Kier alpha value is -2.35. The molecule has 1 fully saturated rings. The topological polar surface area (TPSA) is 41.4 Å². The number of carbonyl (C=O) groups excluding carboxylic acids is 1. The van der Waals surface area contributed by atoms with Crippen LogP contribution in [0, 0.1) is 5.92 Å². The van der Waals surface area contributed by atoms with Crippen LogP contribution < -0.4 is 0 Å². The maximum absolute atomic E-state index is 12.9. The minimum atomic E-state index is -4.43. The van der Waals surface area contributed by atoms with E-state index in [-0.39, 0.29) is 23.3 Å². The Balaban J connectivity index is 1.73. The first kappa shape index (κ1) is 20.4. The first-order valence-corrected chi connectivity index (χ1v) is 9.36. The van der Waals surface area contributed by atoms with Crippen LogP contribution in [0.15, 0.2) is 36.5 Å². The highest BCUT2D eigenvalue weighted by molar-refractivity contribution is 5.92. The first-order chi connectivity index (χ1) is 13.2. The van der Waals surface area contributed by atoms with Gasteiger partial charge in [0.2, 0.25) is 0 Å². The second kappa shape index (κ2) is 7.95. The third-order valence-electron chi connectivity index (χ3n) is 5.62. The van der Waals surface area contributed by atoms with Crippen LogP contribution in [-0.4, -0.2) is 58.7 Å². The largest absolute Gasteiger partial charge is 0.416 e. The lowest BCUT2D eigenvalue weighted by Gasteiger charge is -2.36. The molecule has 0 N–H and O–H groups in total. The molecule has 8 heteroatoms. The summed E-state index contributed by atoms with van der Waals surface area (Å²) in [6, 6.07) is 6.50. The van der Waals surface area contributed by atoms with Crippen LogP contribution in [0.3, 0.4) is 0 Å². The van der Waals surface area contributed by atoms with Crippen molar-refractivity contribution in [3.8, 4) is 5.69 Å². The minimum absolute atomic E-state index is 0.0694. The van der Waals surface area contributed by atoms with Gasteiger partial charge in [-0.25, -0.2) is 4.68 Å². The number of likely N-dealkylation sites (tertiary alicyclic amines) is 1. The number of piperidine rings is 1. The van der Waals surface area contributed by atoms with Crippen LogP contribution >= 0.6 is 0 Å². The molecule has 2 heterocycles. The summed E-state index contributed by atoms with van der Waals surface area (Å²) in [6.07, 6.45) is -0.843. The molecule has 1 atom stereocenters. The van der Waals surface area contributed by atoms with Gasteiger partial charge in [-0.3, -0.25) is 4.79 Å². The van der Waals surface area contributed by atoms with Crippen LogP contribution in [0.4, 0.5) is 13.2 Å². The van der Waals surface area contributed by atoms with E-state index in [2.05, 4.69) is 17.0 Å². The summed E-state index contributed by atoms with van der Waals surface area (Å²) in [5.41, 5.74) is -0.263. The summed E-state index contributed by atoms with van der Waals surface area (Å²) >= 11 is 0. The maximum atomic E-state index is 12.9. The van der Waals surface area contributed by atoms with Gasteiger partial charge in [-0.2, -0.15) is 18.3 Å². The lowest BCUT2D eigenvalue weighted by atomic mass is 9.89. The molecule has 1 aliphatic heterocycles. The zero-order valence-electron chi connectivity index (χ0n) is 16.3. The number of halogens is 3. The fraction of sp³-hybridized carbons (Fsp3) is 0.500. The van der Waals surface area contributed by atoms with Crippen molar-refractivity contribution in [1.82, 2.24) is 19.6 Å². The highest BCUT2D eigenvalue weighted by Crippen LogP contribution is 2.30. The Morgan fingerprint density at radius 3 is 2.57 bits per heavy atom. The molecular weight excluding hydrogens is 369 g/mol. The molecule has 5 nitrogen and oxygen atoms in total. The molecular formula is C20H25F3N4O. The molecule has 0 saturated carbocycles. The van der Waals surface area contributed by atoms with Gasteiger partial charge in [0.1, 0.15) is 0 Å². The molecule has 1 aliphatic rings. The predicted octanol–water partition coefficient (Wildman–Crippen LogP) is 3.69. The number of aromatic nitrogens is 2.